The Morgan fingerprint density at radius 2 is 1.90 bits per heavy atom. The van der Waals surface area contributed by atoms with Crippen molar-refractivity contribution < 1.29 is 14.3 Å². The number of aryl methyl sites for hydroxylation is 1. The Morgan fingerprint density at radius 3 is 2.55 bits per heavy atom. The van der Waals surface area contributed by atoms with Gasteiger partial charge >= 0.3 is 5.97 Å². The van der Waals surface area contributed by atoms with Crippen LogP contribution in [0.2, 0.25) is 0 Å². The molecule has 0 saturated carbocycles. The number of esters is 1. The lowest BCUT2D eigenvalue weighted by atomic mass is 10.0. The van der Waals surface area contributed by atoms with Crippen LogP contribution in [0.1, 0.15) is 49.4 Å². The van der Waals surface area contributed by atoms with E-state index in [1.165, 1.54) is 12.8 Å². The van der Waals surface area contributed by atoms with Gasteiger partial charge in [-0.3, -0.25) is 4.90 Å². The molecule has 0 bridgehead atoms. The molecule has 3 rings (SSSR count). The van der Waals surface area contributed by atoms with Crippen molar-refractivity contribution in [1.29, 1.82) is 5.26 Å². The lowest BCUT2D eigenvalue weighted by Crippen LogP contribution is -2.25. The molecular weight excluding hydrogens is 390 g/mol. The molecule has 164 valence electrons. The molecule has 0 spiro atoms. The number of hydrogen-bond acceptors (Lipinski definition) is 6. The Labute approximate surface area is 184 Å². The van der Waals surface area contributed by atoms with Gasteiger partial charge in [-0.15, -0.1) is 0 Å². The molecule has 0 aliphatic carbocycles. The molecule has 1 aliphatic heterocycles. The van der Waals surface area contributed by atoms with Crippen LogP contribution in [0.3, 0.4) is 0 Å². The number of carbonyl (C=O) groups is 1. The first kappa shape index (κ1) is 22.6. The largest absolute Gasteiger partial charge is 0.492 e. The average Bonchev–Trinajstić information content (AvgIpc) is 3.31. The predicted octanol–water partition coefficient (Wildman–Crippen LogP) is 4.31. The fourth-order valence-corrected chi connectivity index (χ4v) is 3.75. The molecule has 1 heterocycles. The summed E-state index contributed by atoms with van der Waals surface area (Å²) in [6, 6.07) is 14.4. The molecule has 2 aromatic carbocycles. The molecule has 1 N–H and O–H groups in total. The molecule has 0 radical (unpaired) electrons. The summed E-state index contributed by atoms with van der Waals surface area (Å²) in [7, 11) is 0. The van der Waals surface area contributed by atoms with Crippen LogP contribution in [0.4, 0.5) is 5.69 Å². The Morgan fingerprint density at radius 1 is 1.16 bits per heavy atom. The van der Waals surface area contributed by atoms with Crippen LogP contribution in [0.5, 0.6) is 5.75 Å². The number of nitrogens with zero attached hydrogens (tertiary/aromatic N) is 2. The van der Waals surface area contributed by atoms with Gasteiger partial charge in [0.25, 0.3) is 0 Å². The maximum Gasteiger partial charge on any atom is 0.333 e. The quantitative estimate of drug-likeness (QED) is 0.576. The molecule has 1 aliphatic rings. The van der Waals surface area contributed by atoms with E-state index in [1.807, 2.05) is 18.2 Å². The van der Waals surface area contributed by atoms with Crippen LogP contribution in [0.25, 0.3) is 0 Å². The van der Waals surface area contributed by atoms with Crippen molar-refractivity contribution in [2.24, 2.45) is 0 Å². The zero-order valence-corrected chi connectivity index (χ0v) is 18.4. The van der Waals surface area contributed by atoms with E-state index in [0.717, 1.165) is 48.6 Å². The highest BCUT2D eigenvalue weighted by molar-refractivity contribution is 5.81. The van der Waals surface area contributed by atoms with E-state index in [4.69, 9.17) is 14.7 Å². The highest BCUT2D eigenvalue weighted by Crippen LogP contribution is 2.27. The summed E-state index contributed by atoms with van der Waals surface area (Å²) in [5.74, 6) is 0.424. The van der Waals surface area contributed by atoms with Crippen molar-refractivity contribution in [3.63, 3.8) is 0 Å². The number of benzene rings is 2. The topological polar surface area (TPSA) is 74.6 Å². The Kier molecular flexibility index (Phi) is 8.31. The maximum atomic E-state index is 12.8. The fraction of sp³-hybridized carbons (Fsp3) is 0.440. The number of rotatable bonds is 10. The molecular formula is C25H31N3O3. The highest BCUT2D eigenvalue weighted by Gasteiger charge is 2.23. The van der Waals surface area contributed by atoms with Gasteiger partial charge in [-0.1, -0.05) is 13.0 Å². The van der Waals surface area contributed by atoms with Crippen LogP contribution in [-0.2, 0) is 16.0 Å². The first-order chi connectivity index (χ1) is 15.1. The van der Waals surface area contributed by atoms with E-state index in [9.17, 15) is 4.79 Å². The third-order valence-electron chi connectivity index (χ3n) is 5.45. The van der Waals surface area contributed by atoms with Crippen LogP contribution < -0.4 is 10.1 Å². The number of carbonyl (C=O) groups excluding carboxylic acids is 1. The smallest absolute Gasteiger partial charge is 0.333 e. The van der Waals surface area contributed by atoms with Crippen molar-refractivity contribution >= 4 is 11.7 Å². The lowest BCUT2D eigenvalue weighted by Gasteiger charge is -2.21. The van der Waals surface area contributed by atoms with E-state index in [-0.39, 0.29) is 5.97 Å². The van der Waals surface area contributed by atoms with E-state index >= 15 is 0 Å². The molecule has 2 aromatic rings. The van der Waals surface area contributed by atoms with Gasteiger partial charge in [0.1, 0.15) is 12.4 Å². The highest BCUT2D eigenvalue weighted by atomic mass is 16.5. The molecule has 1 unspecified atom stereocenters. The zero-order chi connectivity index (χ0) is 22.1. The van der Waals surface area contributed by atoms with E-state index in [2.05, 4.69) is 23.2 Å². The second-order valence-corrected chi connectivity index (χ2v) is 7.68. The van der Waals surface area contributed by atoms with Crippen molar-refractivity contribution in [2.75, 3.05) is 38.2 Å². The minimum absolute atomic E-state index is 0.303. The minimum atomic E-state index is -0.666. The van der Waals surface area contributed by atoms with Gasteiger partial charge in [-0.2, -0.15) is 5.26 Å². The van der Waals surface area contributed by atoms with Crippen molar-refractivity contribution in [2.45, 2.75) is 39.2 Å². The molecule has 31 heavy (non-hydrogen) atoms. The summed E-state index contributed by atoms with van der Waals surface area (Å²) in [4.78, 5) is 15.2. The number of nitrogens with one attached hydrogen (secondary N) is 1. The van der Waals surface area contributed by atoms with Gasteiger partial charge in [0.05, 0.1) is 18.2 Å². The average molecular weight is 422 g/mol. The van der Waals surface area contributed by atoms with E-state index in [1.54, 1.807) is 31.2 Å². The number of nitriles is 1. The molecule has 6 heteroatoms. The van der Waals surface area contributed by atoms with Gasteiger partial charge in [-0.05, 0) is 86.8 Å². The summed E-state index contributed by atoms with van der Waals surface area (Å²) in [5, 5.41) is 12.3. The van der Waals surface area contributed by atoms with Crippen LogP contribution in [0, 0.1) is 11.3 Å². The second-order valence-electron chi connectivity index (χ2n) is 7.68. The summed E-state index contributed by atoms with van der Waals surface area (Å²) >= 11 is 0. The summed E-state index contributed by atoms with van der Waals surface area (Å²) in [5.41, 5.74) is 3.22. The normalized spacial score (nSPS) is 14.6. The van der Waals surface area contributed by atoms with Gasteiger partial charge < -0.3 is 14.8 Å². The standard InChI is InChI=1S/C25H31N3O3/c1-3-19-15-21(17-23(16-19)31-14-13-28-11-5-6-12-28)24(25(29)30-4-2)27-22-9-7-20(18-26)8-10-22/h7-10,15-17,24,27H,3-6,11-14H2,1-2H3. The molecule has 1 atom stereocenters. The Balaban J connectivity index is 1.80. The Hall–Kier alpha value is -3.04. The minimum Gasteiger partial charge on any atom is -0.492 e. The molecule has 6 nitrogen and oxygen atoms in total. The van der Waals surface area contributed by atoms with E-state index < -0.39 is 6.04 Å². The monoisotopic (exact) mass is 421 g/mol. The van der Waals surface area contributed by atoms with Gasteiger partial charge in [-0.25, -0.2) is 4.79 Å². The summed E-state index contributed by atoms with van der Waals surface area (Å²) < 4.78 is 11.4. The third kappa shape index (κ3) is 6.47. The number of anilines is 1. The third-order valence-corrected chi connectivity index (χ3v) is 5.45. The van der Waals surface area contributed by atoms with Gasteiger partial charge in [0.15, 0.2) is 6.04 Å². The molecule has 0 amide bonds. The molecule has 1 fully saturated rings. The van der Waals surface area contributed by atoms with Gasteiger partial charge in [0.2, 0.25) is 0 Å². The first-order valence-corrected chi connectivity index (χ1v) is 11.0. The van der Waals surface area contributed by atoms with Crippen LogP contribution in [-0.4, -0.2) is 43.7 Å². The first-order valence-electron chi connectivity index (χ1n) is 11.0. The predicted molar refractivity (Wildman–Crippen MR) is 121 cm³/mol. The summed E-state index contributed by atoms with van der Waals surface area (Å²) in [6.07, 6.45) is 3.36. The fourth-order valence-electron chi connectivity index (χ4n) is 3.75. The Bertz CT molecular complexity index is 899. The number of hydrogen-bond donors (Lipinski definition) is 1. The van der Waals surface area contributed by atoms with Gasteiger partial charge in [0, 0.05) is 12.2 Å². The van der Waals surface area contributed by atoms with Crippen molar-refractivity contribution in [3.8, 4) is 11.8 Å². The summed E-state index contributed by atoms with van der Waals surface area (Å²) in [6.45, 7) is 8.01. The zero-order valence-electron chi connectivity index (χ0n) is 18.4. The molecule has 0 aromatic heterocycles. The number of ether oxygens (including phenoxy) is 2. The SMILES string of the molecule is CCOC(=O)C(Nc1ccc(C#N)cc1)c1cc(CC)cc(OCCN2CCCC2)c1. The maximum absolute atomic E-state index is 12.8. The van der Waals surface area contributed by atoms with Crippen LogP contribution in [0.15, 0.2) is 42.5 Å². The molecule has 1 saturated heterocycles. The lowest BCUT2D eigenvalue weighted by molar-refractivity contribution is -0.144. The number of likely N-dealkylation sites (tertiary alicyclic amines) is 1. The van der Waals surface area contributed by atoms with E-state index in [0.29, 0.717) is 18.8 Å². The van der Waals surface area contributed by atoms with Crippen molar-refractivity contribution in [3.05, 3.63) is 59.2 Å². The second kappa shape index (κ2) is 11.4. The van der Waals surface area contributed by atoms with Crippen molar-refractivity contribution in [1.82, 2.24) is 4.90 Å². The van der Waals surface area contributed by atoms with Crippen LogP contribution >= 0.6 is 0 Å².